The van der Waals surface area contributed by atoms with Crippen LogP contribution >= 0.6 is 7.92 Å². The van der Waals surface area contributed by atoms with Crippen LogP contribution in [-0.4, -0.2) is 0 Å². The Bertz CT molecular complexity index is 542. The third-order valence-electron chi connectivity index (χ3n) is 3.26. The summed E-state index contributed by atoms with van der Waals surface area (Å²) in [5, 5.41) is 4.35. The van der Waals surface area contributed by atoms with E-state index >= 15 is 0 Å². The van der Waals surface area contributed by atoms with E-state index in [0.717, 1.165) is 0 Å². The fraction of sp³-hybridized carbons (Fsp3) is 0.200. The highest BCUT2D eigenvalue weighted by Gasteiger charge is 2.17. The second-order valence-electron chi connectivity index (χ2n) is 4.62. The molecule has 2 aromatic carbocycles. The molecule has 0 aliphatic heterocycles. The zero-order valence-corrected chi connectivity index (χ0v) is 13.8. The zero-order valence-electron chi connectivity index (χ0n) is 12.9. The molecule has 1 aliphatic carbocycles. The van der Waals surface area contributed by atoms with Gasteiger partial charge in [-0.1, -0.05) is 92.7 Å². The van der Waals surface area contributed by atoms with Gasteiger partial charge in [-0.15, -0.1) is 0 Å². The van der Waals surface area contributed by atoms with Crippen LogP contribution in [0.4, 0.5) is 0 Å². The maximum absolute atomic E-state index is 2.41. The van der Waals surface area contributed by atoms with Crippen molar-refractivity contribution in [3.05, 3.63) is 84.2 Å². The second-order valence-corrected chi connectivity index (χ2v) is 6.84. The van der Waals surface area contributed by atoms with Crippen LogP contribution in [0.1, 0.15) is 26.7 Å². The first-order chi connectivity index (χ1) is 10.4. The number of rotatable bonds is 3. The highest BCUT2D eigenvalue weighted by atomic mass is 31.1. The molecule has 3 rings (SSSR count). The van der Waals surface area contributed by atoms with Crippen LogP contribution < -0.4 is 10.6 Å². The summed E-state index contributed by atoms with van der Waals surface area (Å²) in [6.07, 6.45) is 9.37. The quantitative estimate of drug-likeness (QED) is 0.667. The Morgan fingerprint density at radius 1 is 0.714 bits per heavy atom. The van der Waals surface area contributed by atoms with Crippen molar-refractivity contribution in [3.63, 3.8) is 0 Å². The Morgan fingerprint density at radius 2 is 1.24 bits per heavy atom. The average Bonchev–Trinajstić information content (AvgIpc) is 2.60. The van der Waals surface area contributed by atoms with Crippen LogP contribution in [0.15, 0.2) is 84.2 Å². The summed E-state index contributed by atoms with van der Waals surface area (Å²) >= 11 is 0. The van der Waals surface area contributed by atoms with Gasteiger partial charge in [0.1, 0.15) is 0 Å². The highest BCUT2D eigenvalue weighted by Crippen LogP contribution is 2.44. The van der Waals surface area contributed by atoms with E-state index in [-0.39, 0.29) is 0 Å². The molecule has 0 saturated heterocycles. The molecule has 0 atom stereocenters. The van der Waals surface area contributed by atoms with E-state index in [2.05, 4.69) is 78.9 Å². The maximum Gasteiger partial charge on any atom is -0.0138 e. The molecular formula is C20H23P. The van der Waals surface area contributed by atoms with Gasteiger partial charge in [-0.05, 0) is 36.7 Å². The molecule has 0 bridgehead atoms. The van der Waals surface area contributed by atoms with Gasteiger partial charge in [0, 0.05) is 0 Å². The van der Waals surface area contributed by atoms with Gasteiger partial charge in [-0.3, -0.25) is 0 Å². The lowest BCUT2D eigenvalue weighted by molar-refractivity contribution is 1.03. The van der Waals surface area contributed by atoms with Gasteiger partial charge in [0.15, 0.2) is 0 Å². The first kappa shape index (κ1) is 15.7. The van der Waals surface area contributed by atoms with Gasteiger partial charge in [0.05, 0.1) is 0 Å². The van der Waals surface area contributed by atoms with E-state index in [4.69, 9.17) is 0 Å². The summed E-state index contributed by atoms with van der Waals surface area (Å²) in [6, 6.07) is 21.7. The SMILES string of the molecule is C1=CC(P(c2ccccc2)c2ccccc2)=CCC1.CC. The fourth-order valence-corrected chi connectivity index (χ4v) is 4.77. The Labute approximate surface area is 130 Å². The Balaban J connectivity index is 0.000000774. The van der Waals surface area contributed by atoms with Crippen molar-refractivity contribution in [2.24, 2.45) is 0 Å². The van der Waals surface area contributed by atoms with Crippen molar-refractivity contribution in [3.8, 4) is 0 Å². The van der Waals surface area contributed by atoms with E-state index < -0.39 is 7.92 Å². The van der Waals surface area contributed by atoms with E-state index in [1.807, 2.05) is 13.8 Å². The van der Waals surface area contributed by atoms with Crippen LogP contribution in [0.3, 0.4) is 0 Å². The van der Waals surface area contributed by atoms with Gasteiger partial charge in [-0.2, -0.15) is 0 Å². The normalized spacial score (nSPS) is 13.4. The number of hydrogen-bond donors (Lipinski definition) is 0. The van der Waals surface area contributed by atoms with Crippen molar-refractivity contribution in [1.29, 1.82) is 0 Å². The molecule has 0 unspecified atom stereocenters. The maximum atomic E-state index is 2.41. The summed E-state index contributed by atoms with van der Waals surface area (Å²) < 4.78 is 0. The van der Waals surface area contributed by atoms with E-state index in [1.165, 1.54) is 28.8 Å². The summed E-state index contributed by atoms with van der Waals surface area (Å²) in [4.78, 5) is 0. The topological polar surface area (TPSA) is 0 Å². The van der Waals surface area contributed by atoms with Gasteiger partial charge >= 0.3 is 0 Å². The lowest BCUT2D eigenvalue weighted by atomic mass is 10.2. The van der Waals surface area contributed by atoms with Crippen LogP contribution in [0, 0.1) is 0 Å². The molecule has 0 saturated carbocycles. The molecule has 1 aliphatic rings. The molecular weight excluding hydrogens is 271 g/mol. The summed E-state index contributed by atoms with van der Waals surface area (Å²) in [5.41, 5.74) is 0. The molecule has 0 spiro atoms. The van der Waals surface area contributed by atoms with Crippen molar-refractivity contribution in [2.75, 3.05) is 0 Å². The van der Waals surface area contributed by atoms with Crippen molar-refractivity contribution in [1.82, 2.24) is 0 Å². The van der Waals surface area contributed by atoms with Crippen LogP contribution in [0.25, 0.3) is 0 Å². The summed E-state index contributed by atoms with van der Waals surface area (Å²) in [5.74, 6) is 0. The lowest BCUT2D eigenvalue weighted by Crippen LogP contribution is -2.12. The Morgan fingerprint density at radius 3 is 1.67 bits per heavy atom. The molecule has 0 amide bonds. The molecule has 2 aromatic rings. The van der Waals surface area contributed by atoms with Crippen molar-refractivity contribution in [2.45, 2.75) is 26.7 Å². The molecule has 0 aromatic heterocycles. The van der Waals surface area contributed by atoms with E-state index in [9.17, 15) is 0 Å². The monoisotopic (exact) mass is 294 g/mol. The fourth-order valence-electron chi connectivity index (χ4n) is 2.37. The van der Waals surface area contributed by atoms with Crippen LogP contribution in [-0.2, 0) is 0 Å². The smallest absolute Gasteiger partial charge is 0.0138 e. The Hall–Kier alpha value is -1.65. The summed E-state index contributed by atoms with van der Waals surface area (Å²) in [7, 11) is -0.395. The zero-order chi connectivity index (χ0) is 14.9. The molecule has 0 N–H and O–H groups in total. The molecule has 21 heavy (non-hydrogen) atoms. The van der Waals surface area contributed by atoms with Crippen molar-refractivity contribution >= 4 is 18.5 Å². The molecule has 0 heterocycles. The van der Waals surface area contributed by atoms with Gasteiger partial charge in [0.25, 0.3) is 0 Å². The molecule has 108 valence electrons. The number of allylic oxidation sites excluding steroid dienone is 4. The third-order valence-corrected chi connectivity index (χ3v) is 5.74. The third kappa shape index (κ3) is 4.16. The highest BCUT2D eigenvalue weighted by molar-refractivity contribution is 7.77. The molecule has 0 fully saturated rings. The minimum Gasteiger partial charge on any atom is -0.0836 e. The Kier molecular flexibility index (Phi) is 6.44. The van der Waals surface area contributed by atoms with E-state index in [1.54, 1.807) is 0 Å². The standard InChI is InChI=1S/C18H17P.C2H6/c1-4-10-16(11-5-1)19(17-12-6-2-7-13-17)18-14-8-3-9-15-18;1-2/h1-2,4-8,10-15H,3,9H2;1-2H3. The minimum atomic E-state index is -0.395. The molecule has 0 radical (unpaired) electrons. The van der Waals surface area contributed by atoms with E-state index in [0.29, 0.717) is 0 Å². The van der Waals surface area contributed by atoms with Crippen LogP contribution in [0.5, 0.6) is 0 Å². The van der Waals surface area contributed by atoms with Gasteiger partial charge in [0.2, 0.25) is 0 Å². The summed E-state index contributed by atoms with van der Waals surface area (Å²) in [6.45, 7) is 4.00. The van der Waals surface area contributed by atoms with Gasteiger partial charge in [-0.25, -0.2) is 0 Å². The van der Waals surface area contributed by atoms with Crippen molar-refractivity contribution < 1.29 is 0 Å². The first-order valence-electron chi connectivity index (χ1n) is 7.72. The predicted molar refractivity (Wildman–Crippen MR) is 96.9 cm³/mol. The number of benzene rings is 2. The average molecular weight is 294 g/mol. The lowest BCUT2D eigenvalue weighted by Gasteiger charge is -2.21. The molecule has 1 heteroatoms. The minimum absolute atomic E-state index is 0.395. The van der Waals surface area contributed by atoms with Gasteiger partial charge < -0.3 is 0 Å². The first-order valence-corrected chi connectivity index (χ1v) is 9.06. The van der Waals surface area contributed by atoms with Crippen LogP contribution in [0.2, 0.25) is 0 Å². The molecule has 0 nitrogen and oxygen atoms in total. The number of hydrogen-bond acceptors (Lipinski definition) is 0. The second kappa shape index (κ2) is 8.60. The predicted octanol–water partition coefficient (Wildman–Crippen LogP) is 5.38. The largest absolute Gasteiger partial charge is 0.0836 e.